The summed E-state index contributed by atoms with van der Waals surface area (Å²) in [7, 11) is 0. The van der Waals surface area contributed by atoms with Gasteiger partial charge in [0, 0.05) is 33.7 Å². The molecular weight excluding hydrogens is 550 g/mol. The van der Waals surface area contributed by atoms with Crippen LogP contribution < -0.4 is 0 Å². The van der Waals surface area contributed by atoms with Crippen molar-refractivity contribution >= 4 is 38.5 Å². The lowest BCUT2D eigenvalue weighted by molar-refractivity contribution is 1.22. The van der Waals surface area contributed by atoms with E-state index in [4.69, 9.17) is 19.9 Å². The predicted molar refractivity (Wildman–Crippen MR) is 183 cm³/mol. The summed E-state index contributed by atoms with van der Waals surface area (Å²) in [5.41, 5.74) is 11.8. The SMILES string of the molecule is c1ccc(-c2nc(-c3cccc(-c4cccc(-c5nc6ccccc6c6nc7ccccn7c56)c4)c3)c3ccccc3n2)cc1. The molecule has 4 heterocycles. The predicted octanol–water partition coefficient (Wildman–Crippen LogP) is 9.65. The molecule has 0 saturated carbocycles. The lowest BCUT2D eigenvalue weighted by atomic mass is 9.97. The lowest BCUT2D eigenvalue weighted by Gasteiger charge is -2.12. The number of hydrogen-bond donors (Lipinski definition) is 0. The van der Waals surface area contributed by atoms with Gasteiger partial charge >= 0.3 is 0 Å². The first kappa shape index (κ1) is 25.3. The first-order chi connectivity index (χ1) is 22.3. The molecule has 0 atom stereocenters. The minimum atomic E-state index is 0.719. The number of fused-ring (bicyclic) bond motifs is 6. The normalized spacial score (nSPS) is 11.6. The van der Waals surface area contributed by atoms with Crippen LogP contribution in [0.1, 0.15) is 0 Å². The van der Waals surface area contributed by atoms with Crippen molar-refractivity contribution in [3.05, 3.63) is 152 Å². The van der Waals surface area contributed by atoms with Crippen molar-refractivity contribution in [3.63, 3.8) is 0 Å². The highest BCUT2D eigenvalue weighted by Crippen LogP contribution is 2.36. The van der Waals surface area contributed by atoms with Gasteiger partial charge in [0.25, 0.3) is 0 Å². The Morgan fingerprint density at radius 2 is 1.00 bits per heavy atom. The average molecular weight is 576 g/mol. The van der Waals surface area contributed by atoms with Gasteiger partial charge in [-0.25, -0.2) is 19.9 Å². The molecule has 0 N–H and O–H groups in total. The number of rotatable bonds is 4. The van der Waals surface area contributed by atoms with Crippen LogP contribution in [0.5, 0.6) is 0 Å². The van der Waals surface area contributed by atoms with E-state index in [0.717, 1.165) is 83.5 Å². The maximum atomic E-state index is 5.19. The van der Waals surface area contributed by atoms with Gasteiger partial charge in [0.05, 0.1) is 27.9 Å². The van der Waals surface area contributed by atoms with E-state index in [1.54, 1.807) is 0 Å². The lowest BCUT2D eigenvalue weighted by Crippen LogP contribution is -1.95. The van der Waals surface area contributed by atoms with E-state index in [-0.39, 0.29) is 0 Å². The molecule has 9 aromatic rings. The summed E-state index contributed by atoms with van der Waals surface area (Å²) in [6.45, 7) is 0. The molecule has 0 bridgehead atoms. The molecule has 4 aromatic heterocycles. The van der Waals surface area contributed by atoms with Crippen LogP contribution in [0.3, 0.4) is 0 Å². The number of hydrogen-bond acceptors (Lipinski definition) is 4. The van der Waals surface area contributed by atoms with Gasteiger partial charge in [-0.15, -0.1) is 0 Å². The quantitative estimate of drug-likeness (QED) is 0.210. The minimum Gasteiger partial charge on any atom is -0.298 e. The van der Waals surface area contributed by atoms with Gasteiger partial charge in [0.1, 0.15) is 11.2 Å². The molecule has 0 aliphatic rings. The zero-order valence-corrected chi connectivity index (χ0v) is 24.2. The molecule has 0 amide bonds. The highest BCUT2D eigenvalue weighted by Gasteiger charge is 2.17. The first-order valence-electron chi connectivity index (χ1n) is 15.0. The highest BCUT2D eigenvalue weighted by molar-refractivity contribution is 6.09. The zero-order valence-electron chi connectivity index (χ0n) is 24.2. The van der Waals surface area contributed by atoms with Crippen molar-refractivity contribution in [2.75, 3.05) is 0 Å². The summed E-state index contributed by atoms with van der Waals surface area (Å²) < 4.78 is 2.14. The summed E-state index contributed by atoms with van der Waals surface area (Å²) in [5.74, 6) is 0.719. The van der Waals surface area contributed by atoms with E-state index >= 15 is 0 Å². The Balaban J connectivity index is 1.21. The van der Waals surface area contributed by atoms with E-state index in [2.05, 4.69) is 95.5 Å². The second-order valence-electron chi connectivity index (χ2n) is 11.2. The molecule has 0 radical (unpaired) electrons. The summed E-state index contributed by atoms with van der Waals surface area (Å²) >= 11 is 0. The zero-order chi connectivity index (χ0) is 29.7. The van der Waals surface area contributed by atoms with E-state index in [9.17, 15) is 0 Å². The smallest absolute Gasteiger partial charge is 0.160 e. The number of benzene rings is 5. The fraction of sp³-hybridized carbons (Fsp3) is 0. The third-order valence-electron chi connectivity index (χ3n) is 8.39. The Kier molecular flexibility index (Phi) is 5.74. The molecule has 5 aromatic carbocycles. The Hall–Kier alpha value is -6.20. The molecule has 210 valence electrons. The third kappa shape index (κ3) is 4.25. The largest absolute Gasteiger partial charge is 0.298 e. The summed E-state index contributed by atoms with van der Waals surface area (Å²) in [6, 6.07) is 50.0. The maximum Gasteiger partial charge on any atom is 0.160 e. The van der Waals surface area contributed by atoms with Gasteiger partial charge in [-0.3, -0.25) is 4.40 Å². The second kappa shape index (κ2) is 10.2. The number of aromatic nitrogens is 5. The van der Waals surface area contributed by atoms with Crippen molar-refractivity contribution in [3.8, 4) is 45.0 Å². The molecule has 0 unspecified atom stereocenters. The molecule has 0 aliphatic carbocycles. The maximum absolute atomic E-state index is 5.19. The molecule has 0 aliphatic heterocycles. The van der Waals surface area contributed by atoms with Crippen LogP contribution in [-0.4, -0.2) is 24.3 Å². The summed E-state index contributed by atoms with van der Waals surface area (Å²) in [6.07, 6.45) is 2.06. The Bertz CT molecular complexity index is 2550. The van der Waals surface area contributed by atoms with Crippen molar-refractivity contribution in [1.29, 1.82) is 0 Å². The fourth-order valence-electron chi connectivity index (χ4n) is 6.26. The van der Waals surface area contributed by atoms with E-state index in [1.807, 2.05) is 60.7 Å². The molecule has 9 rings (SSSR count). The summed E-state index contributed by atoms with van der Waals surface area (Å²) in [4.78, 5) is 20.2. The van der Waals surface area contributed by atoms with Gasteiger partial charge in [-0.05, 0) is 47.5 Å². The van der Waals surface area contributed by atoms with E-state index < -0.39 is 0 Å². The van der Waals surface area contributed by atoms with E-state index in [0.29, 0.717) is 0 Å². The molecule has 0 fully saturated rings. The molecule has 5 nitrogen and oxygen atoms in total. The number of para-hydroxylation sites is 2. The fourth-order valence-corrected chi connectivity index (χ4v) is 6.26. The molecular formula is C40H25N5. The molecule has 5 heteroatoms. The highest BCUT2D eigenvalue weighted by atomic mass is 15.0. The van der Waals surface area contributed by atoms with Crippen LogP contribution in [0.25, 0.3) is 83.5 Å². The second-order valence-corrected chi connectivity index (χ2v) is 11.2. The van der Waals surface area contributed by atoms with Gasteiger partial charge in [-0.1, -0.05) is 109 Å². The molecule has 0 spiro atoms. The third-order valence-corrected chi connectivity index (χ3v) is 8.39. The summed E-state index contributed by atoms with van der Waals surface area (Å²) in [5, 5.41) is 2.08. The van der Waals surface area contributed by atoms with Gasteiger partial charge in [-0.2, -0.15) is 0 Å². The van der Waals surface area contributed by atoms with Crippen LogP contribution in [0, 0.1) is 0 Å². The average Bonchev–Trinajstić information content (AvgIpc) is 3.51. The van der Waals surface area contributed by atoms with Crippen LogP contribution in [-0.2, 0) is 0 Å². The van der Waals surface area contributed by atoms with Gasteiger partial charge in [0.15, 0.2) is 5.82 Å². The topological polar surface area (TPSA) is 56.0 Å². The Morgan fingerprint density at radius 3 is 1.78 bits per heavy atom. The van der Waals surface area contributed by atoms with Crippen LogP contribution >= 0.6 is 0 Å². The van der Waals surface area contributed by atoms with Crippen LogP contribution in [0.4, 0.5) is 0 Å². The molecule has 0 saturated heterocycles. The standard InChI is InChI=1S/C40H25N5/c1-2-12-26(13-3-1)40-42-34-21-7-4-18-31(34)36(44-40)29-16-10-14-27(24-29)28-15-11-17-30(25-28)37-39-38(32-19-5-6-20-33(32)41-37)43-35-22-8-9-23-45(35)39/h1-25H. The number of nitrogens with zero attached hydrogens (tertiary/aromatic N) is 5. The number of pyridine rings is 2. The van der Waals surface area contributed by atoms with E-state index in [1.165, 1.54) is 0 Å². The Morgan fingerprint density at radius 1 is 0.400 bits per heavy atom. The molecule has 45 heavy (non-hydrogen) atoms. The van der Waals surface area contributed by atoms with Crippen molar-refractivity contribution < 1.29 is 0 Å². The van der Waals surface area contributed by atoms with Crippen molar-refractivity contribution in [2.45, 2.75) is 0 Å². The van der Waals surface area contributed by atoms with Crippen molar-refractivity contribution in [1.82, 2.24) is 24.3 Å². The number of imidazole rings is 1. The first-order valence-corrected chi connectivity index (χ1v) is 15.0. The van der Waals surface area contributed by atoms with Gasteiger partial charge < -0.3 is 0 Å². The van der Waals surface area contributed by atoms with Gasteiger partial charge in [0.2, 0.25) is 0 Å². The van der Waals surface area contributed by atoms with Crippen LogP contribution in [0.2, 0.25) is 0 Å². The van der Waals surface area contributed by atoms with Crippen molar-refractivity contribution in [2.24, 2.45) is 0 Å². The minimum absolute atomic E-state index is 0.719. The Labute approximate surface area is 259 Å². The monoisotopic (exact) mass is 575 g/mol. The van der Waals surface area contributed by atoms with Crippen LogP contribution in [0.15, 0.2) is 152 Å².